The third-order valence-corrected chi connectivity index (χ3v) is 5.26. The average molecular weight is 337 g/mol. The van der Waals surface area contributed by atoms with Gasteiger partial charge >= 0.3 is 0 Å². The number of ether oxygens (including phenoxy) is 2. The first-order valence-electron chi connectivity index (χ1n) is 9.55. The smallest absolute Gasteiger partial charge is 0.120 e. The Morgan fingerprint density at radius 1 is 0.800 bits per heavy atom. The summed E-state index contributed by atoms with van der Waals surface area (Å²) >= 11 is 0. The first kappa shape index (κ1) is 16.5. The van der Waals surface area contributed by atoms with E-state index in [1.807, 2.05) is 24.3 Å². The molecule has 1 heterocycles. The fraction of sp³-hybridized carbons (Fsp3) is 0.455. The Hall–Kier alpha value is -2.00. The Bertz CT molecular complexity index is 652. The lowest BCUT2D eigenvalue weighted by atomic mass is 10.1. The largest absolute Gasteiger partial charge is 0.492 e. The maximum Gasteiger partial charge on any atom is 0.120 e. The van der Waals surface area contributed by atoms with Gasteiger partial charge in [0.1, 0.15) is 24.2 Å². The van der Waals surface area contributed by atoms with Gasteiger partial charge in [-0.1, -0.05) is 30.7 Å². The fourth-order valence-electron chi connectivity index (χ4n) is 3.88. The van der Waals surface area contributed by atoms with Crippen LogP contribution in [-0.2, 0) is 12.8 Å². The van der Waals surface area contributed by atoms with Crippen molar-refractivity contribution in [2.75, 3.05) is 26.2 Å². The molecular weight excluding hydrogens is 310 g/mol. The second-order valence-corrected chi connectivity index (χ2v) is 7.14. The molecule has 0 atom stereocenters. The minimum Gasteiger partial charge on any atom is -0.492 e. The van der Waals surface area contributed by atoms with E-state index in [4.69, 9.17) is 9.47 Å². The van der Waals surface area contributed by atoms with Crippen molar-refractivity contribution in [2.45, 2.75) is 38.2 Å². The van der Waals surface area contributed by atoms with Gasteiger partial charge in [0.15, 0.2) is 0 Å². The predicted octanol–water partition coefficient (Wildman–Crippen LogP) is 4.10. The molecule has 1 aliphatic heterocycles. The topological polar surface area (TPSA) is 21.7 Å². The van der Waals surface area contributed by atoms with Gasteiger partial charge in [-0.25, -0.2) is 0 Å². The van der Waals surface area contributed by atoms with E-state index in [1.165, 1.54) is 43.5 Å². The summed E-state index contributed by atoms with van der Waals surface area (Å²) in [7, 11) is 0. The van der Waals surface area contributed by atoms with Gasteiger partial charge in [0.05, 0.1) is 0 Å². The van der Waals surface area contributed by atoms with E-state index in [9.17, 15) is 0 Å². The molecule has 1 aliphatic carbocycles. The summed E-state index contributed by atoms with van der Waals surface area (Å²) in [6.07, 6.45) is 6.30. The van der Waals surface area contributed by atoms with Crippen molar-refractivity contribution >= 4 is 0 Å². The Kier molecular flexibility index (Phi) is 5.22. The van der Waals surface area contributed by atoms with Crippen molar-refractivity contribution in [1.82, 2.24) is 4.90 Å². The third kappa shape index (κ3) is 4.35. The molecule has 3 heteroatoms. The normalized spacial score (nSPS) is 18.1. The highest BCUT2D eigenvalue weighted by molar-refractivity contribution is 5.35. The molecule has 1 fully saturated rings. The van der Waals surface area contributed by atoms with Crippen LogP contribution in [-0.4, -0.2) is 37.2 Å². The summed E-state index contributed by atoms with van der Waals surface area (Å²) in [5, 5.41) is 0. The van der Waals surface area contributed by atoms with E-state index in [1.54, 1.807) is 0 Å². The number of hydrogen-bond acceptors (Lipinski definition) is 3. The highest BCUT2D eigenvalue weighted by Crippen LogP contribution is 2.26. The molecule has 3 nitrogen and oxygen atoms in total. The molecule has 0 bridgehead atoms. The molecule has 132 valence electrons. The molecule has 2 aromatic carbocycles. The summed E-state index contributed by atoms with van der Waals surface area (Å²) in [5.74, 6) is 1.86. The third-order valence-electron chi connectivity index (χ3n) is 5.26. The quantitative estimate of drug-likeness (QED) is 0.792. The van der Waals surface area contributed by atoms with Gasteiger partial charge in [0, 0.05) is 19.4 Å². The van der Waals surface area contributed by atoms with Crippen LogP contribution in [0.3, 0.4) is 0 Å². The lowest BCUT2D eigenvalue weighted by Crippen LogP contribution is -2.33. The van der Waals surface area contributed by atoms with Crippen LogP contribution in [0.4, 0.5) is 0 Å². The number of fused-ring (bicyclic) bond motifs is 1. The van der Waals surface area contributed by atoms with Gasteiger partial charge in [0.2, 0.25) is 0 Å². The number of nitrogens with zero attached hydrogens (tertiary/aromatic N) is 1. The summed E-state index contributed by atoms with van der Waals surface area (Å²) in [4.78, 5) is 2.50. The van der Waals surface area contributed by atoms with Gasteiger partial charge in [-0.15, -0.1) is 0 Å². The van der Waals surface area contributed by atoms with Crippen LogP contribution in [0.1, 0.15) is 30.4 Å². The maximum atomic E-state index is 6.15. The second kappa shape index (κ2) is 7.92. The second-order valence-electron chi connectivity index (χ2n) is 7.14. The first-order chi connectivity index (χ1) is 12.4. The highest BCUT2D eigenvalue weighted by Gasteiger charge is 2.22. The molecule has 25 heavy (non-hydrogen) atoms. The zero-order chi connectivity index (χ0) is 16.9. The molecule has 0 aromatic heterocycles. The predicted molar refractivity (Wildman–Crippen MR) is 100 cm³/mol. The average Bonchev–Trinajstić information content (AvgIpc) is 3.06. The zero-order valence-electron chi connectivity index (χ0n) is 14.8. The van der Waals surface area contributed by atoms with Crippen molar-refractivity contribution in [2.24, 2.45) is 0 Å². The van der Waals surface area contributed by atoms with Crippen molar-refractivity contribution in [3.63, 3.8) is 0 Å². The van der Waals surface area contributed by atoms with Crippen molar-refractivity contribution in [1.29, 1.82) is 0 Å². The summed E-state index contributed by atoms with van der Waals surface area (Å²) in [5.41, 5.74) is 2.84. The summed E-state index contributed by atoms with van der Waals surface area (Å²) in [6.45, 7) is 4.23. The zero-order valence-corrected chi connectivity index (χ0v) is 14.8. The van der Waals surface area contributed by atoms with Crippen molar-refractivity contribution in [3.8, 4) is 11.5 Å². The van der Waals surface area contributed by atoms with Crippen LogP contribution in [0, 0.1) is 0 Å². The van der Waals surface area contributed by atoms with Crippen LogP contribution in [0.5, 0.6) is 11.5 Å². The van der Waals surface area contributed by atoms with Crippen molar-refractivity contribution in [3.05, 3.63) is 59.7 Å². The van der Waals surface area contributed by atoms with Crippen LogP contribution >= 0.6 is 0 Å². The van der Waals surface area contributed by atoms with E-state index in [0.717, 1.165) is 37.5 Å². The summed E-state index contributed by atoms with van der Waals surface area (Å²) in [6, 6.07) is 16.7. The van der Waals surface area contributed by atoms with E-state index >= 15 is 0 Å². The van der Waals surface area contributed by atoms with Crippen LogP contribution in [0.2, 0.25) is 0 Å². The van der Waals surface area contributed by atoms with E-state index in [-0.39, 0.29) is 6.10 Å². The maximum absolute atomic E-state index is 6.15. The SMILES string of the molecule is c1ccc2c(c1)CC(Oc1ccc(OCCN3CCCCC3)cc1)C2. The molecule has 0 spiro atoms. The van der Waals surface area contributed by atoms with Crippen LogP contribution < -0.4 is 9.47 Å². The molecule has 0 saturated carbocycles. The Balaban J connectivity index is 1.23. The van der Waals surface area contributed by atoms with E-state index in [2.05, 4.69) is 29.2 Å². The molecule has 2 aromatic rings. The van der Waals surface area contributed by atoms with Crippen molar-refractivity contribution < 1.29 is 9.47 Å². The lowest BCUT2D eigenvalue weighted by Gasteiger charge is -2.26. The number of benzene rings is 2. The van der Waals surface area contributed by atoms with Crippen LogP contribution in [0.15, 0.2) is 48.5 Å². The number of piperidine rings is 1. The molecule has 0 radical (unpaired) electrons. The summed E-state index contributed by atoms with van der Waals surface area (Å²) < 4.78 is 12.0. The molecular formula is C22H27NO2. The van der Waals surface area contributed by atoms with Gasteiger partial charge in [-0.2, -0.15) is 0 Å². The first-order valence-corrected chi connectivity index (χ1v) is 9.55. The molecule has 4 rings (SSSR count). The molecule has 2 aliphatic rings. The minimum absolute atomic E-state index is 0.253. The van der Waals surface area contributed by atoms with E-state index in [0.29, 0.717) is 0 Å². The Morgan fingerprint density at radius 2 is 1.44 bits per heavy atom. The van der Waals surface area contributed by atoms with Gasteiger partial charge in [0.25, 0.3) is 0 Å². The van der Waals surface area contributed by atoms with Gasteiger partial charge in [-0.3, -0.25) is 4.90 Å². The number of likely N-dealkylation sites (tertiary alicyclic amines) is 1. The Morgan fingerprint density at radius 3 is 2.12 bits per heavy atom. The van der Waals surface area contributed by atoms with Gasteiger partial charge in [-0.05, 0) is 61.3 Å². The standard InChI is InChI=1S/C22H27NO2/c1-4-12-23(13-5-1)14-15-24-20-8-10-21(11-9-20)25-22-16-18-6-2-3-7-19(18)17-22/h2-3,6-11,22H,1,4-5,12-17H2. The van der Waals surface area contributed by atoms with Crippen LogP contribution in [0.25, 0.3) is 0 Å². The van der Waals surface area contributed by atoms with E-state index < -0.39 is 0 Å². The fourth-order valence-corrected chi connectivity index (χ4v) is 3.88. The lowest BCUT2D eigenvalue weighted by molar-refractivity contribution is 0.183. The van der Waals surface area contributed by atoms with Gasteiger partial charge < -0.3 is 9.47 Å². The number of rotatable bonds is 6. The molecule has 0 unspecified atom stereocenters. The minimum atomic E-state index is 0.253. The molecule has 0 amide bonds. The Labute approximate surface area is 150 Å². The number of hydrogen-bond donors (Lipinski definition) is 0. The highest BCUT2D eigenvalue weighted by atomic mass is 16.5. The molecule has 1 saturated heterocycles. The molecule has 0 N–H and O–H groups in total. The monoisotopic (exact) mass is 337 g/mol.